The van der Waals surface area contributed by atoms with Crippen LogP contribution in [0.15, 0.2) is 24.3 Å². The predicted octanol–water partition coefficient (Wildman–Crippen LogP) is 4.55. The second kappa shape index (κ2) is 7.03. The number of nitrogens with one attached hydrogen (secondary N) is 1. The van der Waals surface area contributed by atoms with Crippen molar-refractivity contribution in [3.8, 4) is 0 Å². The molecule has 128 valence electrons. The van der Waals surface area contributed by atoms with Gasteiger partial charge in [-0.05, 0) is 68.3 Å². The number of benzene rings is 1. The van der Waals surface area contributed by atoms with Gasteiger partial charge >= 0.3 is 0 Å². The molecule has 2 aliphatic heterocycles. The van der Waals surface area contributed by atoms with E-state index in [1.54, 1.807) is 0 Å². The predicted molar refractivity (Wildman–Crippen MR) is 101 cm³/mol. The minimum atomic E-state index is 0.0558. The van der Waals surface area contributed by atoms with Crippen LogP contribution in [-0.4, -0.2) is 36.5 Å². The Labute approximate surface area is 152 Å². The van der Waals surface area contributed by atoms with Gasteiger partial charge in [0.25, 0.3) is 5.91 Å². The quantitative estimate of drug-likeness (QED) is 0.868. The second-order valence-corrected chi connectivity index (χ2v) is 8.52. The van der Waals surface area contributed by atoms with E-state index in [0.29, 0.717) is 12.0 Å². The SMILES string of the molecule is O=C(NC[C@H]1CCCN2CCCC[C@H]12)c1cc2ccc(Cl)cc2s1. The summed E-state index contributed by atoms with van der Waals surface area (Å²) >= 11 is 7.56. The molecule has 2 aliphatic rings. The molecule has 2 atom stereocenters. The van der Waals surface area contributed by atoms with Gasteiger partial charge in [0.1, 0.15) is 0 Å². The van der Waals surface area contributed by atoms with Crippen LogP contribution >= 0.6 is 22.9 Å². The van der Waals surface area contributed by atoms with E-state index in [1.165, 1.54) is 56.5 Å². The molecule has 0 spiro atoms. The summed E-state index contributed by atoms with van der Waals surface area (Å²) < 4.78 is 1.07. The number of fused-ring (bicyclic) bond motifs is 2. The zero-order valence-electron chi connectivity index (χ0n) is 13.8. The van der Waals surface area contributed by atoms with Gasteiger partial charge in [-0.3, -0.25) is 4.79 Å². The highest BCUT2D eigenvalue weighted by Gasteiger charge is 2.33. The number of piperidine rings is 2. The molecule has 0 radical (unpaired) electrons. The third-order valence-electron chi connectivity index (χ3n) is 5.46. The smallest absolute Gasteiger partial charge is 0.261 e. The number of hydrogen-bond acceptors (Lipinski definition) is 3. The third kappa shape index (κ3) is 3.32. The summed E-state index contributed by atoms with van der Waals surface area (Å²) in [6.07, 6.45) is 6.46. The Hall–Kier alpha value is -1.10. The molecule has 0 bridgehead atoms. The van der Waals surface area contributed by atoms with E-state index in [4.69, 9.17) is 11.6 Å². The monoisotopic (exact) mass is 362 g/mol. The first-order chi connectivity index (χ1) is 11.7. The molecule has 4 rings (SSSR count). The van der Waals surface area contributed by atoms with E-state index in [2.05, 4.69) is 10.2 Å². The van der Waals surface area contributed by atoms with Crippen LogP contribution in [0.3, 0.4) is 0 Å². The molecule has 1 N–H and O–H groups in total. The normalized spacial score (nSPS) is 24.7. The Morgan fingerprint density at radius 2 is 2.08 bits per heavy atom. The van der Waals surface area contributed by atoms with Gasteiger partial charge in [-0.25, -0.2) is 0 Å². The van der Waals surface area contributed by atoms with Crippen LogP contribution in [0.5, 0.6) is 0 Å². The van der Waals surface area contributed by atoms with Gasteiger partial charge in [-0.2, -0.15) is 0 Å². The fraction of sp³-hybridized carbons (Fsp3) is 0.526. The molecule has 2 aromatic rings. The number of nitrogens with zero attached hydrogens (tertiary/aromatic N) is 1. The van der Waals surface area contributed by atoms with Crippen LogP contribution in [0.1, 0.15) is 41.8 Å². The molecule has 5 heteroatoms. The number of amides is 1. The van der Waals surface area contributed by atoms with Crippen LogP contribution in [0, 0.1) is 5.92 Å². The van der Waals surface area contributed by atoms with E-state index in [9.17, 15) is 4.79 Å². The fourth-order valence-electron chi connectivity index (χ4n) is 4.24. The number of carbonyl (C=O) groups is 1. The number of carbonyl (C=O) groups excluding carboxylic acids is 1. The van der Waals surface area contributed by atoms with Gasteiger partial charge in [-0.1, -0.05) is 24.1 Å². The minimum Gasteiger partial charge on any atom is -0.351 e. The number of halogens is 1. The van der Waals surface area contributed by atoms with Gasteiger partial charge in [0.2, 0.25) is 0 Å². The molecule has 0 aliphatic carbocycles. The molecular formula is C19H23ClN2OS. The van der Waals surface area contributed by atoms with E-state index in [0.717, 1.165) is 26.5 Å². The Morgan fingerprint density at radius 3 is 3.00 bits per heavy atom. The van der Waals surface area contributed by atoms with E-state index < -0.39 is 0 Å². The first-order valence-electron chi connectivity index (χ1n) is 8.92. The first kappa shape index (κ1) is 16.4. The Bertz CT molecular complexity index is 742. The van der Waals surface area contributed by atoms with Gasteiger partial charge < -0.3 is 10.2 Å². The van der Waals surface area contributed by atoms with Crippen LogP contribution < -0.4 is 5.32 Å². The van der Waals surface area contributed by atoms with Crippen molar-refractivity contribution in [1.29, 1.82) is 0 Å². The minimum absolute atomic E-state index is 0.0558. The van der Waals surface area contributed by atoms with E-state index >= 15 is 0 Å². The van der Waals surface area contributed by atoms with Crippen molar-refractivity contribution in [2.45, 2.75) is 38.1 Å². The summed E-state index contributed by atoms with van der Waals surface area (Å²) in [4.78, 5) is 16.0. The topological polar surface area (TPSA) is 32.3 Å². The van der Waals surface area contributed by atoms with Crippen molar-refractivity contribution in [2.75, 3.05) is 19.6 Å². The molecular weight excluding hydrogens is 340 g/mol. The average molecular weight is 363 g/mol. The Kier molecular flexibility index (Phi) is 4.79. The van der Waals surface area contributed by atoms with Gasteiger partial charge in [-0.15, -0.1) is 11.3 Å². The van der Waals surface area contributed by atoms with E-state index in [1.807, 2.05) is 24.3 Å². The third-order valence-corrected chi connectivity index (χ3v) is 6.79. The molecule has 2 saturated heterocycles. The van der Waals surface area contributed by atoms with Crippen LogP contribution in [0.25, 0.3) is 10.1 Å². The number of rotatable bonds is 3. The number of thiophene rings is 1. The molecule has 3 heterocycles. The van der Waals surface area contributed by atoms with Crippen LogP contribution in [0.4, 0.5) is 0 Å². The zero-order valence-corrected chi connectivity index (χ0v) is 15.3. The molecule has 0 saturated carbocycles. The summed E-state index contributed by atoms with van der Waals surface area (Å²) in [6.45, 7) is 3.29. The second-order valence-electron chi connectivity index (χ2n) is 7.00. The van der Waals surface area contributed by atoms with Gasteiger partial charge in [0.15, 0.2) is 0 Å². The molecule has 3 nitrogen and oxygen atoms in total. The lowest BCUT2D eigenvalue weighted by molar-refractivity contribution is 0.0576. The van der Waals surface area contributed by atoms with Gasteiger partial charge in [0, 0.05) is 22.3 Å². The highest BCUT2D eigenvalue weighted by Crippen LogP contribution is 2.31. The van der Waals surface area contributed by atoms with Crippen molar-refractivity contribution >= 4 is 38.9 Å². The van der Waals surface area contributed by atoms with Crippen molar-refractivity contribution in [1.82, 2.24) is 10.2 Å². The van der Waals surface area contributed by atoms with Crippen molar-refractivity contribution in [3.05, 3.63) is 34.2 Å². The fourth-order valence-corrected chi connectivity index (χ4v) is 5.50. The molecule has 2 fully saturated rings. The maximum atomic E-state index is 12.6. The largest absolute Gasteiger partial charge is 0.351 e. The highest BCUT2D eigenvalue weighted by atomic mass is 35.5. The summed E-state index contributed by atoms with van der Waals surface area (Å²) in [5, 5.41) is 5.00. The lowest BCUT2D eigenvalue weighted by atomic mass is 9.83. The van der Waals surface area contributed by atoms with Crippen molar-refractivity contribution < 1.29 is 4.79 Å². The summed E-state index contributed by atoms with van der Waals surface area (Å²) in [7, 11) is 0. The maximum absolute atomic E-state index is 12.6. The summed E-state index contributed by atoms with van der Waals surface area (Å²) in [5.74, 6) is 0.659. The van der Waals surface area contributed by atoms with Crippen LogP contribution in [0.2, 0.25) is 5.02 Å². The van der Waals surface area contributed by atoms with Crippen molar-refractivity contribution in [2.24, 2.45) is 5.92 Å². The summed E-state index contributed by atoms with van der Waals surface area (Å²) in [5.41, 5.74) is 0. The molecule has 1 amide bonds. The lowest BCUT2D eigenvalue weighted by Gasteiger charge is -2.44. The first-order valence-corrected chi connectivity index (χ1v) is 10.1. The molecule has 1 aromatic carbocycles. The van der Waals surface area contributed by atoms with Crippen LogP contribution in [-0.2, 0) is 0 Å². The Balaban J connectivity index is 1.41. The highest BCUT2D eigenvalue weighted by molar-refractivity contribution is 7.20. The molecule has 24 heavy (non-hydrogen) atoms. The zero-order chi connectivity index (χ0) is 16.5. The molecule has 1 aromatic heterocycles. The maximum Gasteiger partial charge on any atom is 0.261 e. The van der Waals surface area contributed by atoms with Gasteiger partial charge in [0.05, 0.1) is 4.88 Å². The standard InChI is InChI=1S/C19H23ClN2OS/c20-15-7-6-13-10-18(24-17(13)11-15)19(23)21-12-14-4-3-9-22-8-2-1-5-16(14)22/h6-7,10-11,14,16H,1-5,8-9,12H2,(H,21,23)/t14-,16-/m1/s1. The summed E-state index contributed by atoms with van der Waals surface area (Å²) in [6, 6.07) is 8.43. The number of hydrogen-bond donors (Lipinski definition) is 1. The van der Waals surface area contributed by atoms with E-state index in [-0.39, 0.29) is 5.91 Å². The lowest BCUT2D eigenvalue weighted by Crippen LogP contribution is -2.50. The average Bonchev–Trinajstić information content (AvgIpc) is 3.03. The molecule has 0 unspecified atom stereocenters. The Morgan fingerprint density at radius 1 is 1.21 bits per heavy atom. The van der Waals surface area contributed by atoms with Crippen molar-refractivity contribution in [3.63, 3.8) is 0 Å².